The van der Waals surface area contributed by atoms with E-state index >= 15 is 0 Å². The van der Waals surface area contributed by atoms with Crippen LogP contribution in [0.1, 0.15) is 45.1 Å². The van der Waals surface area contributed by atoms with Crippen LogP contribution in [0.2, 0.25) is 0 Å². The Bertz CT molecular complexity index is 779. The van der Waals surface area contributed by atoms with Crippen LogP contribution in [-0.2, 0) is 23.9 Å². The zero-order chi connectivity index (χ0) is 21.6. The van der Waals surface area contributed by atoms with Crippen LogP contribution >= 0.6 is 0 Å². The first-order valence-electron chi connectivity index (χ1n) is 9.61. The lowest BCUT2D eigenvalue weighted by Gasteiger charge is -2.44. The third-order valence-corrected chi connectivity index (χ3v) is 5.34. The van der Waals surface area contributed by atoms with Crippen molar-refractivity contribution in [2.75, 3.05) is 19.8 Å². The van der Waals surface area contributed by atoms with Crippen molar-refractivity contribution in [3.05, 3.63) is 23.8 Å². The number of aliphatic hydroxyl groups is 1. The molecule has 1 fully saturated rings. The lowest BCUT2D eigenvalue weighted by atomic mass is 9.61. The average Bonchev–Trinajstić information content (AvgIpc) is 2.67. The fourth-order valence-corrected chi connectivity index (χ4v) is 4.22. The van der Waals surface area contributed by atoms with Crippen LogP contribution in [0.5, 0.6) is 11.5 Å². The molecule has 8 heteroatoms. The molecule has 8 nitrogen and oxygen atoms in total. The maximum absolute atomic E-state index is 12.7. The molecular formula is C21H26O8. The molecule has 1 N–H and O–H groups in total. The summed E-state index contributed by atoms with van der Waals surface area (Å²) in [6.45, 7) is 6.38. The fourth-order valence-electron chi connectivity index (χ4n) is 4.22. The molecule has 3 rings (SSSR count). The van der Waals surface area contributed by atoms with E-state index in [0.717, 1.165) is 5.56 Å². The van der Waals surface area contributed by atoms with Crippen LogP contribution in [-0.4, -0.2) is 48.4 Å². The number of hydrogen-bond acceptors (Lipinski definition) is 8. The summed E-state index contributed by atoms with van der Waals surface area (Å²) < 4.78 is 16.5. The van der Waals surface area contributed by atoms with Gasteiger partial charge in [0.15, 0.2) is 11.5 Å². The summed E-state index contributed by atoms with van der Waals surface area (Å²) in [5.41, 5.74) is -0.667. The second-order valence-electron chi connectivity index (χ2n) is 7.26. The summed E-state index contributed by atoms with van der Waals surface area (Å²) in [5.74, 6) is -0.884. The summed E-state index contributed by atoms with van der Waals surface area (Å²) >= 11 is 0. The van der Waals surface area contributed by atoms with Gasteiger partial charge in [-0.15, -0.1) is 0 Å². The van der Waals surface area contributed by atoms with Crippen molar-refractivity contribution in [3.8, 4) is 11.5 Å². The lowest BCUT2D eigenvalue weighted by molar-refractivity contribution is -0.191. The monoisotopic (exact) mass is 406 g/mol. The highest BCUT2D eigenvalue weighted by Crippen LogP contribution is 2.48. The van der Waals surface area contributed by atoms with E-state index < -0.39 is 23.4 Å². The van der Waals surface area contributed by atoms with Gasteiger partial charge < -0.3 is 19.3 Å². The minimum absolute atomic E-state index is 0.0297. The Morgan fingerprint density at radius 2 is 1.86 bits per heavy atom. The molecule has 1 heterocycles. The number of ketones is 1. The normalized spacial score (nSPS) is 27.9. The van der Waals surface area contributed by atoms with Gasteiger partial charge in [0.2, 0.25) is 0 Å². The highest BCUT2D eigenvalue weighted by Gasteiger charge is 2.53. The molecule has 1 aliphatic carbocycles. The van der Waals surface area contributed by atoms with E-state index in [1.807, 2.05) is 19.1 Å². The molecule has 0 amide bonds. The molecule has 1 aromatic carbocycles. The van der Waals surface area contributed by atoms with Gasteiger partial charge in [-0.25, -0.2) is 0 Å². The molecule has 0 spiro atoms. The molecule has 0 saturated heterocycles. The van der Waals surface area contributed by atoms with Crippen LogP contribution in [0.3, 0.4) is 0 Å². The van der Waals surface area contributed by atoms with Crippen molar-refractivity contribution in [1.29, 1.82) is 0 Å². The second-order valence-corrected chi connectivity index (χ2v) is 7.26. The summed E-state index contributed by atoms with van der Waals surface area (Å²) in [6.07, 6.45) is 0.792. The van der Waals surface area contributed by atoms with Crippen molar-refractivity contribution >= 4 is 17.9 Å². The average molecular weight is 406 g/mol. The van der Waals surface area contributed by atoms with E-state index in [4.69, 9.17) is 23.8 Å². The Balaban J connectivity index is 0.000000941. The van der Waals surface area contributed by atoms with E-state index in [2.05, 4.69) is 0 Å². The predicted octanol–water partition coefficient (Wildman–Crippen LogP) is 1.89. The topological polar surface area (TPSA) is 116 Å². The third-order valence-electron chi connectivity index (χ3n) is 5.34. The van der Waals surface area contributed by atoms with Gasteiger partial charge in [0.1, 0.15) is 19.0 Å². The van der Waals surface area contributed by atoms with E-state index in [1.165, 1.54) is 0 Å². The Kier molecular flexibility index (Phi) is 7.53. The minimum Gasteiger partial charge on any atom is -0.486 e. The number of hydrogen-bond donors (Lipinski definition) is 1. The Hall–Kier alpha value is -2.70. The number of rotatable bonds is 4. The maximum atomic E-state index is 12.7. The molecule has 29 heavy (non-hydrogen) atoms. The summed E-state index contributed by atoms with van der Waals surface area (Å²) in [6, 6.07) is 5.47. The van der Waals surface area contributed by atoms with Gasteiger partial charge in [0.25, 0.3) is 0 Å². The standard InChI is InChI=1S/C20H26O6.CO2/c1-4-13-14(21)11-20(3,23)18(19(22)24-5-2)17(13)12-6-7-15-16(10-12)26-9-8-25-15;2-1-3/h6-7,10,13,17-18,23H,4-5,8-9,11H2,1-3H3;. The number of benzene rings is 1. The SMILES string of the molecule is CCOC(=O)C1C(c2ccc3c(c2)OCCO3)C(CC)C(=O)CC1(C)O.O=C=O. The number of esters is 1. The van der Waals surface area contributed by atoms with Gasteiger partial charge in [-0.1, -0.05) is 13.0 Å². The molecule has 0 radical (unpaired) electrons. The van der Waals surface area contributed by atoms with Crippen LogP contribution in [0.4, 0.5) is 0 Å². The maximum Gasteiger partial charge on any atom is 0.373 e. The highest BCUT2D eigenvalue weighted by molar-refractivity contribution is 5.88. The number of carbonyl (C=O) groups is 2. The zero-order valence-electron chi connectivity index (χ0n) is 16.8. The highest BCUT2D eigenvalue weighted by atomic mass is 16.6. The number of ether oxygens (including phenoxy) is 3. The van der Waals surface area contributed by atoms with Crippen LogP contribution in [0, 0.1) is 11.8 Å². The summed E-state index contributed by atoms with van der Waals surface area (Å²) in [4.78, 5) is 41.6. The van der Waals surface area contributed by atoms with Crippen molar-refractivity contribution in [1.82, 2.24) is 0 Å². The van der Waals surface area contributed by atoms with Gasteiger partial charge in [-0.2, -0.15) is 9.59 Å². The first-order chi connectivity index (χ1) is 13.8. The van der Waals surface area contributed by atoms with E-state index in [-0.39, 0.29) is 30.9 Å². The molecular weight excluding hydrogens is 380 g/mol. The molecule has 158 valence electrons. The van der Waals surface area contributed by atoms with Crippen molar-refractivity contribution < 1.29 is 38.5 Å². The molecule has 4 atom stereocenters. The second kappa shape index (κ2) is 9.67. The van der Waals surface area contributed by atoms with Gasteiger partial charge in [0, 0.05) is 18.3 Å². The van der Waals surface area contributed by atoms with E-state index in [1.54, 1.807) is 19.9 Å². The van der Waals surface area contributed by atoms with Crippen molar-refractivity contribution in [2.45, 2.75) is 45.1 Å². The number of Topliss-reactive ketones (excluding diaryl/α,β-unsaturated/α-hetero) is 1. The van der Waals surface area contributed by atoms with Crippen LogP contribution in [0.25, 0.3) is 0 Å². The van der Waals surface area contributed by atoms with E-state index in [9.17, 15) is 14.7 Å². The van der Waals surface area contributed by atoms with Gasteiger partial charge in [-0.05, 0) is 38.0 Å². The molecule has 1 aromatic rings. The van der Waals surface area contributed by atoms with Crippen LogP contribution in [0.15, 0.2) is 18.2 Å². The van der Waals surface area contributed by atoms with Gasteiger partial charge in [0.05, 0.1) is 18.1 Å². The van der Waals surface area contributed by atoms with Crippen molar-refractivity contribution in [2.24, 2.45) is 11.8 Å². The summed E-state index contributed by atoms with van der Waals surface area (Å²) in [5, 5.41) is 10.9. The third kappa shape index (κ3) is 4.83. The smallest absolute Gasteiger partial charge is 0.373 e. The Labute approximate surface area is 169 Å². The number of carbonyl (C=O) groups excluding carboxylic acids is 4. The lowest BCUT2D eigenvalue weighted by Crippen LogP contribution is -2.53. The Morgan fingerprint density at radius 3 is 2.45 bits per heavy atom. The van der Waals surface area contributed by atoms with Gasteiger partial charge >= 0.3 is 12.1 Å². The molecule has 4 unspecified atom stereocenters. The number of fused-ring (bicyclic) bond motifs is 1. The zero-order valence-corrected chi connectivity index (χ0v) is 16.8. The Morgan fingerprint density at radius 1 is 1.24 bits per heavy atom. The fraction of sp³-hybridized carbons (Fsp3) is 0.571. The minimum atomic E-state index is -1.45. The molecule has 1 saturated carbocycles. The van der Waals surface area contributed by atoms with Crippen molar-refractivity contribution in [3.63, 3.8) is 0 Å². The molecule has 1 aliphatic heterocycles. The largest absolute Gasteiger partial charge is 0.486 e. The van der Waals surface area contributed by atoms with Crippen LogP contribution < -0.4 is 9.47 Å². The molecule has 2 aliphatic rings. The quantitative estimate of drug-likeness (QED) is 0.754. The summed E-state index contributed by atoms with van der Waals surface area (Å²) in [7, 11) is 0. The predicted molar refractivity (Wildman–Crippen MR) is 99.3 cm³/mol. The molecule has 0 bridgehead atoms. The molecule has 0 aromatic heterocycles. The van der Waals surface area contributed by atoms with E-state index in [0.29, 0.717) is 31.1 Å². The first-order valence-corrected chi connectivity index (χ1v) is 9.61. The van der Waals surface area contributed by atoms with Gasteiger partial charge in [-0.3, -0.25) is 9.59 Å². The first kappa shape index (κ1) is 22.6.